The monoisotopic (exact) mass is 400 g/mol. The number of sulfonamides is 1. The molecule has 1 aromatic heterocycles. The first-order valence-corrected chi connectivity index (χ1v) is 10.3. The molecule has 8 nitrogen and oxygen atoms in total. The van der Waals surface area contributed by atoms with Gasteiger partial charge in [0.05, 0.1) is 12.8 Å². The van der Waals surface area contributed by atoms with E-state index >= 15 is 0 Å². The third-order valence-corrected chi connectivity index (χ3v) is 5.42. The Kier molecular flexibility index (Phi) is 5.86. The summed E-state index contributed by atoms with van der Waals surface area (Å²) < 4.78 is 30.2. The van der Waals surface area contributed by atoms with Crippen molar-refractivity contribution in [2.24, 2.45) is 0 Å². The maximum absolute atomic E-state index is 12.8. The Hall–Kier alpha value is -3.04. The molecule has 0 saturated heterocycles. The first-order valence-electron chi connectivity index (χ1n) is 8.50. The molecular weight excluding hydrogens is 380 g/mol. The summed E-state index contributed by atoms with van der Waals surface area (Å²) in [7, 11) is -2.22. The zero-order chi connectivity index (χ0) is 20.1. The van der Waals surface area contributed by atoms with Gasteiger partial charge in [-0.05, 0) is 5.56 Å². The van der Waals surface area contributed by atoms with Crippen molar-refractivity contribution >= 4 is 15.9 Å². The average molecular weight is 400 g/mol. The molecule has 1 heterocycles. The molecule has 0 aliphatic carbocycles. The lowest BCUT2D eigenvalue weighted by atomic mass is 10.1. The van der Waals surface area contributed by atoms with Gasteiger partial charge in [-0.1, -0.05) is 65.8 Å². The van der Waals surface area contributed by atoms with Gasteiger partial charge in [-0.15, -0.1) is 0 Å². The molecule has 0 aliphatic heterocycles. The Balaban J connectivity index is 1.75. The van der Waals surface area contributed by atoms with E-state index in [4.69, 9.17) is 4.52 Å². The molecule has 0 aliphatic rings. The maximum Gasteiger partial charge on any atom is 0.246 e. The Morgan fingerprint density at radius 3 is 2.32 bits per heavy atom. The van der Waals surface area contributed by atoms with Crippen LogP contribution in [0.1, 0.15) is 17.5 Å². The topological polar surface area (TPSA) is 105 Å². The lowest BCUT2D eigenvalue weighted by Gasteiger charge is -2.25. The van der Waals surface area contributed by atoms with Gasteiger partial charge in [0.15, 0.2) is 0 Å². The van der Waals surface area contributed by atoms with Gasteiger partial charge in [-0.2, -0.15) is 9.29 Å². The van der Waals surface area contributed by atoms with E-state index in [1.54, 1.807) is 30.3 Å². The maximum atomic E-state index is 12.8. The molecule has 9 heteroatoms. The largest absolute Gasteiger partial charge is 0.345 e. The van der Waals surface area contributed by atoms with E-state index in [1.807, 2.05) is 30.3 Å². The van der Waals surface area contributed by atoms with Gasteiger partial charge in [-0.25, -0.2) is 8.42 Å². The lowest BCUT2D eigenvalue weighted by molar-refractivity contribution is -0.125. The van der Waals surface area contributed by atoms with Crippen molar-refractivity contribution < 1.29 is 17.7 Å². The highest BCUT2D eigenvalue weighted by Crippen LogP contribution is 2.22. The minimum absolute atomic E-state index is 0.0143. The molecule has 1 N–H and O–H groups in total. The van der Waals surface area contributed by atoms with Crippen LogP contribution in [0.2, 0.25) is 0 Å². The van der Waals surface area contributed by atoms with Gasteiger partial charge < -0.3 is 9.84 Å². The first-order chi connectivity index (χ1) is 13.4. The minimum Gasteiger partial charge on any atom is -0.345 e. The fourth-order valence-corrected chi connectivity index (χ4v) is 3.24. The standard InChI is InChI=1S/C19H20N4O4S/c1-23(28(2,25)26)17(14-9-5-3-6-10-14)19(24)20-13-16-21-18(22-27-16)15-11-7-4-8-12-15/h3-12,17H,13H2,1-2H3,(H,20,24)/t17-/m1/s1. The van der Waals surface area contributed by atoms with Gasteiger partial charge in [0.25, 0.3) is 0 Å². The van der Waals surface area contributed by atoms with Gasteiger partial charge in [-0.3, -0.25) is 4.79 Å². The summed E-state index contributed by atoms with van der Waals surface area (Å²) in [5.41, 5.74) is 1.35. The van der Waals surface area contributed by atoms with Crippen LogP contribution in [-0.2, 0) is 21.4 Å². The summed E-state index contributed by atoms with van der Waals surface area (Å²) >= 11 is 0. The number of rotatable bonds is 7. The second-order valence-electron chi connectivity index (χ2n) is 6.19. The van der Waals surface area contributed by atoms with Crippen LogP contribution >= 0.6 is 0 Å². The van der Waals surface area contributed by atoms with Crippen molar-refractivity contribution in [2.75, 3.05) is 13.3 Å². The van der Waals surface area contributed by atoms with Crippen LogP contribution in [0.5, 0.6) is 0 Å². The van der Waals surface area contributed by atoms with E-state index in [0.29, 0.717) is 11.4 Å². The number of nitrogens with one attached hydrogen (secondary N) is 1. The molecule has 1 atom stereocenters. The molecule has 0 fully saturated rings. The average Bonchev–Trinajstić information content (AvgIpc) is 3.16. The molecule has 146 valence electrons. The first kappa shape index (κ1) is 19.7. The zero-order valence-corrected chi connectivity index (χ0v) is 16.3. The highest BCUT2D eigenvalue weighted by atomic mass is 32.2. The van der Waals surface area contributed by atoms with E-state index in [2.05, 4.69) is 15.5 Å². The number of amides is 1. The molecule has 0 radical (unpaired) electrons. The van der Waals surface area contributed by atoms with E-state index in [1.165, 1.54) is 7.05 Å². The quantitative estimate of drug-likeness (QED) is 0.650. The number of carbonyl (C=O) groups excluding carboxylic acids is 1. The number of nitrogens with zero attached hydrogens (tertiary/aromatic N) is 3. The number of benzene rings is 2. The molecule has 28 heavy (non-hydrogen) atoms. The lowest BCUT2D eigenvalue weighted by Crippen LogP contribution is -2.41. The molecule has 3 aromatic rings. The highest BCUT2D eigenvalue weighted by molar-refractivity contribution is 7.88. The molecule has 3 rings (SSSR count). The summed E-state index contributed by atoms with van der Waals surface area (Å²) in [6.07, 6.45) is 1.06. The van der Waals surface area contributed by atoms with E-state index in [0.717, 1.165) is 16.1 Å². The van der Waals surface area contributed by atoms with Crippen LogP contribution in [0, 0.1) is 0 Å². The number of hydrogen-bond acceptors (Lipinski definition) is 6. The Labute approximate surface area is 163 Å². The van der Waals surface area contributed by atoms with E-state index < -0.39 is 22.0 Å². The Bertz CT molecular complexity index is 1040. The van der Waals surface area contributed by atoms with Gasteiger partial charge in [0, 0.05) is 12.6 Å². The zero-order valence-electron chi connectivity index (χ0n) is 15.4. The highest BCUT2D eigenvalue weighted by Gasteiger charge is 2.30. The Morgan fingerprint density at radius 2 is 1.71 bits per heavy atom. The minimum atomic E-state index is -3.59. The molecule has 1 amide bonds. The smallest absolute Gasteiger partial charge is 0.246 e. The predicted octanol–water partition coefficient (Wildman–Crippen LogP) is 1.99. The summed E-state index contributed by atoms with van der Waals surface area (Å²) in [5.74, 6) is 0.150. The summed E-state index contributed by atoms with van der Waals surface area (Å²) in [4.78, 5) is 17.0. The number of carbonyl (C=O) groups is 1. The van der Waals surface area contributed by atoms with Crippen molar-refractivity contribution in [1.29, 1.82) is 0 Å². The molecule has 0 spiro atoms. The van der Waals surface area contributed by atoms with Crippen LogP contribution in [0.3, 0.4) is 0 Å². The molecular formula is C19H20N4O4S. The van der Waals surface area contributed by atoms with Crippen molar-refractivity contribution in [3.63, 3.8) is 0 Å². The van der Waals surface area contributed by atoms with E-state index in [-0.39, 0.29) is 12.4 Å². The van der Waals surface area contributed by atoms with Crippen LogP contribution in [-0.4, -0.2) is 42.1 Å². The second-order valence-corrected chi connectivity index (χ2v) is 8.23. The summed E-state index contributed by atoms with van der Waals surface area (Å²) in [6.45, 7) is -0.0143. The molecule has 2 aromatic carbocycles. The summed E-state index contributed by atoms with van der Waals surface area (Å²) in [5, 5.41) is 6.57. The fraction of sp³-hybridized carbons (Fsp3) is 0.211. The Morgan fingerprint density at radius 1 is 1.11 bits per heavy atom. The van der Waals surface area contributed by atoms with E-state index in [9.17, 15) is 13.2 Å². The third-order valence-electron chi connectivity index (χ3n) is 4.16. The third kappa shape index (κ3) is 4.62. The van der Waals surface area contributed by atoms with Crippen molar-refractivity contribution in [3.8, 4) is 11.4 Å². The van der Waals surface area contributed by atoms with Crippen LogP contribution < -0.4 is 5.32 Å². The normalized spacial score (nSPS) is 12.7. The molecule has 0 unspecified atom stereocenters. The van der Waals surface area contributed by atoms with Crippen molar-refractivity contribution in [3.05, 3.63) is 72.1 Å². The summed E-state index contributed by atoms with van der Waals surface area (Å²) in [6, 6.07) is 17.0. The number of aromatic nitrogens is 2. The van der Waals surface area contributed by atoms with Crippen LogP contribution in [0.4, 0.5) is 0 Å². The molecule has 0 bridgehead atoms. The molecule has 0 saturated carbocycles. The second kappa shape index (κ2) is 8.32. The van der Waals surface area contributed by atoms with Crippen LogP contribution in [0.25, 0.3) is 11.4 Å². The predicted molar refractivity (Wildman–Crippen MR) is 103 cm³/mol. The number of hydrogen-bond donors (Lipinski definition) is 1. The van der Waals surface area contributed by atoms with Gasteiger partial charge in [0.1, 0.15) is 6.04 Å². The van der Waals surface area contributed by atoms with Gasteiger partial charge in [0.2, 0.25) is 27.6 Å². The van der Waals surface area contributed by atoms with Crippen molar-refractivity contribution in [1.82, 2.24) is 19.8 Å². The van der Waals surface area contributed by atoms with Gasteiger partial charge >= 0.3 is 0 Å². The fourth-order valence-electron chi connectivity index (χ4n) is 2.64. The van der Waals surface area contributed by atoms with Crippen molar-refractivity contribution in [2.45, 2.75) is 12.6 Å². The van der Waals surface area contributed by atoms with Crippen LogP contribution in [0.15, 0.2) is 65.2 Å². The number of likely N-dealkylation sites (N-methyl/N-ethyl adjacent to an activating group) is 1. The SMILES string of the molecule is CN([C@@H](C(=O)NCc1nc(-c2ccccc2)no1)c1ccccc1)S(C)(=O)=O.